The molecule has 76 valence electrons. The zero-order chi connectivity index (χ0) is 10.6. The van der Waals surface area contributed by atoms with E-state index < -0.39 is 17.8 Å². The SMILES string of the molecule is NC(CCC(=O)O)c1ccc(F)cn1. The predicted octanol–water partition coefficient (Wildman–Crippen LogP) is 1.09. The van der Waals surface area contributed by atoms with Crippen molar-refractivity contribution in [3.05, 3.63) is 29.8 Å². The minimum atomic E-state index is -0.900. The highest BCUT2D eigenvalue weighted by molar-refractivity contribution is 5.66. The molecule has 1 atom stereocenters. The van der Waals surface area contributed by atoms with Crippen LogP contribution in [-0.2, 0) is 4.79 Å². The number of nitrogens with two attached hydrogens (primary N) is 1. The minimum Gasteiger partial charge on any atom is -0.481 e. The van der Waals surface area contributed by atoms with Crippen LogP contribution in [0.3, 0.4) is 0 Å². The fourth-order valence-corrected chi connectivity index (χ4v) is 1.03. The van der Waals surface area contributed by atoms with E-state index in [0.29, 0.717) is 12.1 Å². The van der Waals surface area contributed by atoms with E-state index in [0.717, 1.165) is 6.20 Å². The zero-order valence-corrected chi connectivity index (χ0v) is 7.48. The van der Waals surface area contributed by atoms with E-state index in [1.165, 1.54) is 12.1 Å². The maximum Gasteiger partial charge on any atom is 0.303 e. The number of halogens is 1. The topological polar surface area (TPSA) is 76.2 Å². The molecule has 0 fully saturated rings. The summed E-state index contributed by atoms with van der Waals surface area (Å²) in [5.74, 6) is -1.33. The number of aliphatic carboxylic acids is 1. The number of carboxylic acids is 1. The van der Waals surface area contributed by atoms with Crippen LogP contribution in [0.1, 0.15) is 24.6 Å². The van der Waals surface area contributed by atoms with Gasteiger partial charge in [0.2, 0.25) is 0 Å². The molecule has 0 saturated carbocycles. The number of hydrogen-bond donors (Lipinski definition) is 2. The Morgan fingerprint density at radius 1 is 1.64 bits per heavy atom. The van der Waals surface area contributed by atoms with Gasteiger partial charge >= 0.3 is 5.97 Å². The Morgan fingerprint density at radius 3 is 2.86 bits per heavy atom. The third-order valence-electron chi connectivity index (χ3n) is 1.80. The fraction of sp³-hybridized carbons (Fsp3) is 0.333. The Balaban J connectivity index is 2.56. The largest absolute Gasteiger partial charge is 0.481 e. The minimum absolute atomic E-state index is 0.0137. The third kappa shape index (κ3) is 3.10. The van der Waals surface area contributed by atoms with Crippen LogP contribution < -0.4 is 5.73 Å². The number of pyridine rings is 1. The van der Waals surface area contributed by atoms with Crippen molar-refractivity contribution < 1.29 is 14.3 Å². The molecule has 0 amide bonds. The summed E-state index contributed by atoms with van der Waals surface area (Å²) in [6.07, 6.45) is 1.35. The first kappa shape index (κ1) is 10.6. The van der Waals surface area contributed by atoms with Gasteiger partial charge in [-0.25, -0.2) is 4.39 Å². The second kappa shape index (κ2) is 4.66. The van der Waals surface area contributed by atoms with E-state index in [2.05, 4.69) is 4.98 Å². The molecule has 5 heteroatoms. The van der Waals surface area contributed by atoms with Gasteiger partial charge in [-0.1, -0.05) is 0 Å². The van der Waals surface area contributed by atoms with Gasteiger partial charge in [-0.2, -0.15) is 0 Å². The summed E-state index contributed by atoms with van der Waals surface area (Å²) >= 11 is 0. The fourth-order valence-electron chi connectivity index (χ4n) is 1.03. The van der Waals surface area contributed by atoms with Gasteiger partial charge in [-0.3, -0.25) is 9.78 Å². The number of carboxylic acid groups (broad SMARTS) is 1. The van der Waals surface area contributed by atoms with Crippen LogP contribution in [0.4, 0.5) is 4.39 Å². The van der Waals surface area contributed by atoms with Crippen LogP contribution in [0.15, 0.2) is 18.3 Å². The molecule has 0 spiro atoms. The smallest absolute Gasteiger partial charge is 0.303 e. The number of nitrogens with zero attached hydrogens (tertiary/aromatic N) is 1. The lowest BCUT2D eigenvalue weighted by Crippen LogP contribution is -2.13. The second-order valence-electron chi connectivity index (χ2n) is 2.94. The molecular weight excluding hydrogens is 187 g/mol. The zero-order valence-electron chi connectivity index (χ0n) is 7.48. The average Bonchev–Trinajstić information content (AvgIpc) is 2.15. The number of rotatable bonds is 4. The van der Waals surface area contributed by atoms with Gasteiger partial charge in [0, 0.05) is 12.5 Å². The Morgan fingerprint density at radius 2 is 2.36 bits per heavy atom. The van der Waals surface area contributed by atoms with Gasteiger partial charge in [0.25, 0.3) is 0 Å². The van der Waals surface area contributed by atoms with Crippen molar-refractivity contribution in [3.63, 3.8) is 0 Å². The first-order valence-electron chi connectivity index (χ1n) is 4.18. The molecule has 0 aromatic carbocycles. The molecule has 1 aromatic rings. The highest BCUT2D eigenvalue weighted by Gasteiger charge is 2.09. The van der Waals surface area contributed by atoms with Crippen LogP contribution >= 0.6 is 0 Å². The maximum atomic E-state index is 12.5. The van der Waals surface area contributed by atoms with E-state index in [1.807, 2.05) is 0 Å². The van der Waals surface area contributed by atoms with Crippen LogP contribution in [0.2, 0.25) is 0 Å². The van der Waals surface area contributed by atoms with Crippen LogP contribution in [0, 0.1) is 5.82 Å². The van der Waals surface area contributed by atoms with Crippen molar-refractivity contribution in [1.29, 1.82) is 0 Å². The Labute approximate surface area is 80.6 Å². The monoisotopic (exact) mass is 198 g/mol. The van der Waals surface area contributed by atoms with Gasteiger partial charge in [-0.05, 0) is 18.6 Å². The summed E-state index contributed by atoms with van der Waals surface area (Å²) in [6, 6.07) is 2.26. The quantitative estimate of drug-likeness (QED) is 0.759. The average molecular weight is 198 g/mol. The molecule has 1 heterocycles. The van der Waals surface area contributed by atoms with Crippen molar-refractivity contribution in [2.24, 2.45) is 5.73 Å². The molecule has 1 unspecified atom stereocenters. The molecule has 0 aliphatic heterocycles. The number of hydrogen-bond acceptors (Lipinski definition) is 3. The standard InChI is InChI=1S/C9H11FN2O2/c10-6-1-3-8(12-5-6)7(11)2-4-9(13)14/h1,3,5,7H,2,4,11H2,(H,13,14). The van der Waals surface area contributed by atoms with E-state index in [1.54, 1.807) is 0 Å². The molecule has 1 rings (SSSR count). The molecule has 0 saturated heterocycles. The van der Waals surface area contributed by atoms with Gasteiger partial charge in [0.05, 0.1) is 11.9 Å². The highest BCUT2D eigenvalue weighted by atomic mass is 19.1. The molecule has 0 bridgehead atoms. The van der Waals surface area contributed by atoms with Gasteiger partial charge in [0.15, 0.2) is 0 Å². The molecule has 0 aliphatic rings. The lowest BCUT2D eigenvalue weighted by Gasteiger charge is -2.08. The van der Waals surface area contributed by atoms with Gasteiger partial charge in [0.1, 0.15) is 5.82 Å². The van der Waals surface area contributed by atoms with Crippen LogP contribution in [0.5, 0.6) is 0 Å². The van der Waals surface area contributed by atoms with Crippen molar-refractivity contribution >= 4 is 5.97 Å². The molecule has 0 radical (unpaired) electrons. The lowest BCUT2D eigenvalue weighted by molar-refractivity contribution is -0.137. The van der Waals surface area contributed by atoms with Crippen molar-refractivity contribution in [2.45, 2.75) is 18.9 Å². The molecule has 1 aromatic heterocycles. The Kier molecular flexibility index (Phi) is 3.53. The van der Waals surface area contributed by atoms with Crippen LogP contribution in [-0.4, -0.2) is 16.1 Å². The Bertz CT molecular complexity index is 313. The van der Waals surface area contributed by atoms with E-state index in [9.17, 15) is 9.18 Å². The summed E-state index contributed by atoms with van der Waals surface area (Å²) < 4.78 is 12.5. The summed E-state index contributed by atoms with van der Waals surface area (Å²) in [7, 11) is 0. The Hall–Kier alpha value is -1.49. The number of aromatic nitrogens is 1. The first-order chi connectivity index (χ1) is 6.59. The van der Waals surface area contributed by atoms with Crippen LogP contribution in [0.25, 0.3) is 0 Å². The van der Waals surface area contributed by atoms with Crippen molar-refractivity contribution in [1.82, 2.24) is 4.98 Å². The van der Waals surface area contributed by atoms with Crippen molar-refractivity contribution in [2.75, 3.05) is 0 Å². The highest BCUT2D eigenvalue weighted by Crippen LogP contribution is 2.13. The van der Waals surface area contributed by atoms with Gasteiger partial charge in [-0.15, -0.1) is 0 Å². The van der Waals surface area contributed by atoms with E-state index in [-0.39, 0.29) is 6.42 Å². The third-order valence-corrected chi connectivity index (χ3v) is 1.80. The summed E-state index contributed by atoms with van der Waals surface area (Å²) in [4.78, 5) is 14.0. The second-order valence-corrected chi connectivity index (χ2v) is 2.94. The molecule has 4 nitrogen and oxygen atoms in total. The summed E-state index contributed by atoms with van der Waals surface area (Å²) in [5.41, 5.74) is 6.15. The number of carbonyl (C=O) groups is 1. The van der Waals surface area contributed by atoms with Crippen molar-refractivity contribution in [3.8, 4) is 0 Å². The van der Waals surface area contributed by atoms with E-state index >= 15 is 0 Å². The molecule has 14 heavy (non-hydrogen) atoms. The van der Waals surface area contributed by atoms with Gasteiger partial charge < -0.3 is 10.8 Å². The summed E-state index contributed by atoms with van der Waals surface area (Å²) in [6.45, 7) is 0. The predicted molar refractivity (Wildman–Crippen MR) is 48.0 cm³/mol. The maximum absolute atomic E-state index is 12.5. The normalized spacial score (nSPS) is 12.4. The molecular formula is C9H11FN2O2. The van der Waals surface area contributed by atoms with E-state index in [4.69, 9.17) is 10.8 Å². The lowest BCUT2D eigenvalue weighted by atomic mass is 10.1. The summed E-state index contributed by atoms with van der Waals surface area (Å²) in [5, 5.41) is 8.42. The molecule has 0 aliphatic carbocycles. The first-order valence-corrected chi connectivity index (χ1v) is 4.18. The molecule has 3 N–H and O–H groups in total.